The highest BCUT2D eigenvalue weighted by atomic mass is 32.2. The molecule has 0 amide bonds. The van der Waals surface area contributed by atoms with Gasteiger partial charge in [0.2, 0.25) is 0 Å². The molecule has 0 fully saturated rings. The van der Waals surface area contributed by atoms with E-state index in [1.165, 1.54) is 5.56 Å². The molecule has 2 heterocycles. The first kappa shape index (κ1) is 15.0. The Morgan fingerprint density at radius 2 is 1.96 bits per heavy atom. The molecule has 0 aliphatic heterocycles. The monoisotopic (exact) mass is 336 g/mol. The van der Waals surface area contributed by atoms with Crippen LogP contribution in [0.25, 0.3) is 16.6 Å². The van der Waals surface area contributed by atoms with Crippen LogP contribution in [0.5, 0.6) is 5.75 Å². The Balaban J connectivity index is 1.74. The third kappa shape index (κ3) is 2.69. The fourth-order valence-electron chi connectivity index (χ4n) is 2.64. The SMILES string of the molecule is COc1cccc(CSc2nc3ccccc3c3nc(C)nn23)c1. The second-order valence-electron chi connectivity index (χ2n) is 5.45. The molecule has 6 heteroatoms. The Hall–Kier alpha value is -2.60. The molecule has 4 aromatic rings. The summed E-state index contributed by atoms with van der Waals surface area (Å²) in [6.45, 7) is 1.90. The largest absolute Gasteiger partial charge is 0.497 e. The third-order valence-corrected chi connectivity index (χ3v) is 4.76. The van der Waals surface area contributed by atoms with Crippen molar-refractivity contribution in [3.63, 3.8) is 0 Å². The summed E-state index contributed by atoms with van der Waals surface area (Å²) >= 11 is 1.64. The average molecular weight is 336 g/mol. The lowest BCUT2D eigenvalue weighted by Gasteiger charge is -2.07. The van der Waals surface area contributed by atoms with Gasteiger partial charge in [0.25, 0.3) is 0 Å². The van der Waals surface area contributed by atoms with Crippen molar-refractivity contribution in [3.05, 3.63) is 59.9 Å². The number of hydrogen-bond acceptors (Lipinski definition) is 5. The Morgan fingerprint density at radius 3 is 2.83 bits per heavy atom. The minimum atomic E-state index is 0.747. The third-order valence-electron chi connectivity index (χ3n) is 3.76. The highest BCUT2D eigenvalue weighted by Gasteiger charge is 2.12. The van der Waals surface area contributed by atoms with E-state index in [1.54, 1.807) is 18.9 Å². The molecule has 0 aliphatic rings. The van der Waals surface area contributed by atoms with Gasteiger partial charge in [0.05, 0.1) is 12.6 Å². The molecular formula is C18H16N4OS. The summed E-state index contributed by atoms with van der Waals surface area (Å²) in [5, 5.41) is 6.36. The topological polar surface area (TPSA) is 52.3 Å². The molecule has 0 spiro atoms. The van der Waals surface area contributed by atoms with Gasteiger partial charge < -0.3 is 4.74 Å². The van der Waals surface area contributed by atoms with Crippen LogP contribution in [0, 0.1) is 6.92 Å². The standard InChI is InChI=1S/C18H16N4OS/c1-12-19-17-15-8-3-4-9-16(15)20-18(22(17)21-12)24-11-13-6-5-7-14(10-13)23-2/h3-10H,11H2,1-2H3. The van der Waals surface area contributed by atoms with Crippen LogP contribution in [0.1, 0.15) is 11.4 Å². The van der Waals surface area contributed by atoms with Crippen molar-refractivity contribution in [3.8, 4) is 5.75 Å². The average Bonchev–Trinajstić information content (AvgIpc) is 3.02. The van der Waals surface area contributed by atoms with Gasteiger partial charge in [-0.3, -0.25) is 0 Å². The van der Waals surface area contributed by atoms with Crippen molar-refractivity contribution in [2.75, 3.05) is 7.11 Å². The number of methoxy groups -OCH3 is 1. The van der Waals surface area contributed by atoms with Gasteiger partial charge in [0.15, 0.2) is 10.8 Å². The van der Waals surface area contributed by atoms with Crippen LogP contribution in [0.15, 0.2) is 53.7 Å². The van der Waals surface area contributed by atoms with Crippen molar-refractivity contribution >= 4 is 28.3 Å². The molecule has 24 heavy (non-hydrogen) atoms. The van der Waals surface area contributed by atoms with Gasteiger partial charge in [0, 0.05) is 11.1 Å². The number of thioether (sulfide) groups is 1. The second-order valence-corrected chi connectivity index (χ2v) is 6.39. The van der Waals surface area contributed by atoms with Gasteiger partial charge in [-0.05, 0) is 36.8 Å². The van der Waals surface area contributed by atoms with Gasteiger partial charge >= 0.3 is 0 Å². The summed E-state index contributed by atoms with van der Waals surface area (Å²) in [5.74, 6) is 2.40. The van der Waals surface area contributed by atoms with E-state index in [1.807, 2.05) is 53.9 Å². The molecule has 0 atom stereocenters. The maximum atomic E-state index is 5.29. The molecule has 0 bridgehead atoms. The number of para-hydroxylation sites is 1. The van der Waals surface area contributed by atoms with Gasteiger partial charge in [-0.25, -0.2) is 9.97 Å². The number of benzene rings is 2. The number of aromatic nitrogens is 4. The van der Waals surface area contributed by atoms with E-state index >= 15 is 0 Å². The van der Waals surface area contributed by atoms with Crippen molar-refractivity contribution in [2.45, 2.75) is 17.8 Å². The number of hydrogen-bond donors (Lipinski definition) is 0. The van der Waals surface area contributed by atoms with Crippen LogP contribution in [-0.4, -0.2) is 26.7 Å². The zero-order valence-electron chi connectivity index (χ0n) is 13.4. The van der Waals surface area contributed by atoms with Crippen molar-refractivity contribution < 1.29 is 4.74 Å². The lowest BCUT2D eigenvalue weighted by Crippen LogP contribution is -1.98. The molecule has 0 aliphatic carbocycles. The Kier molecular flexibility index (Phi) is 3.82. The van der Waals surface area contributed by atoms with Gasteiger partial charge in [-0.2, -0.15) is 4.52 Å². The number of nitrogens with zero attached hydrogens (tertiary/aromatic N) is 4. The normalized spacial score (nSPS) is 11.2. The lowest BCUT2D eigenvalue weighted by molar-refractivity contribution is 0.414. The van der Waals surface area contributed by atoms with Crippen LogP contribution < -0.4 is 4.74 Å². The van der Waals surface area contributed by atoms with Crippen molar-refractivity contribution in [1.29, 1.82) is 0 Å². The molecule has 2 aromatic carbocycles. The van der Waals surface area contributed by atoms with Crippen LogP contribution >= 0.6 is 11.8 Å². The molecule has 0 saturated carbocycles. The van der Waals surface area contributed by atoms with Crippen molar-refractivity contribution in [2.24, 2.45) is 0 Å². The molecule has 4 rings (SSSR count). The Bertz CT molecular complexity index is 1030. The number of rotatable bonds is 4. The van der Waals surface area contributed by atoms with Crippen LogP contribution in [-0.2, 0) is 5.75 Å². The van der Waals surface area contributed by atoms with E-state index in [9.17, 15) is 0 Å². The maximum Gasteiger partial charge on any atom is 0.191 e. The first-order valence-corrected chi connectivity index (χ1v) is 8.61. The second kappa shape index (κ2) is 6.13. The quantitative estimate of drug-likeness (QED) is 0.418. The van der Waals surface area contributed by atoms with Crippen LogP contribution in [0.3, 0.4) is 0 Å². The van der Waals surface area contributed by atoms with Gasteiger partial charge in [0.1, 0.15) is 11.6 Å². The molecule has 0 radical (unpaired) electrons. The molecule has 120 valence electrons. The van der Waals surface area contributed by atoms with Gasteiger partial charge in [-0.1, -0.05) is 36.0 Å². The van der Waals surface area contributed by atoms with E-state index in [4.69, 9.17) is 9.72 Å². The number of aryl methyl sites for hydroxylation is 1. The number of fused-ring (bicyclic) bond motifs is 3. The molecular weight excluding hydrogens is 320 g/mol. The zero-order valence-corrected chi connectivity index (χ0v) is 14.2. The fraction of sp³-hybridized carbons (Fsp3) is 0.167. The predicted molar refractivity (Wildman–Crippen MR) is 95.6 cm³/mol. The molecule has 0 saturated heterocycles. The fourth-order valence-corrected chi connectivity index (χ4v) is 3.52. The summed E-state index contributed by atoms with van der Waals surface area (Å²) in [7, 11) is 1.68. The van der Waals surface area contributed by atoms with E-state index in [2.05, 4.69) is 16.1 Å². The van der Waals surface area contributed by atoms with E-state index < -0.39 is 0 Å². The summed E-state index contributed by atoms with van der Waals surface area (Å²) in [5.41, 5.74) is 2.97. The van der Waals surface area contributed by atoms with E-state index in [-0.39, 0.29) is 0 Å². The van der Waals surface area contributed by atoms with Crippen LogP contribution in [0.4, 0.5) is 0 Å². The highest BCUT2D eigenvalue weighted by Crippen LogP contribution is 2.27. The lowest BCUT2D eigenvalue weighted by atomic mass is 10.2. The summed E-state index contributed by atoms with van der Waals surface area (Å²) in [6, 6.07) is 16.1. The summed E-state index contributed by atoms with van der Waals surface area (Å²) < 4.78 is 7.12. The maximum absolute atomic E-state index is 5.29. The van der Waals surface area contributed by atoms with Gasteiger partial charge in [-0.15, -0.1) is 5.10 Å². The summed E-state index contributed by atoms with van der Waals surface area (Å²) in [6.07, 6.45) is 0. The first-order chi connectivity index (χ1) is 11.7. The first-order valence-electron chi connectivity index (χ1n) is 7.62. The molecule has 0 N–H and O–H groups in total. The zero-order chi connectivity index (χ0) is 16.5. The van der Waals surface area contributed by atoms with E-state index in [0.717, 1.165) is 39.0 Å². The minimum absolute atomic E-state index is 0.747. The summed E-state index contributed by atoms with van der Waals surface area (Å²) in [4.78, 5) is 9.33. The minimum Gasteiger partial charge on any atom is -0.497 e. The predicted octanol–water partition coefficient (Wildman–Crippen LogP) is 3.89. The van der Waals surface area contributed by atoms with Crippen molar-refractivity contribution in [1.82, 2.24) is 19.6 Å². The molecule has 5 nitrogen and oxygen atoms in total. The number of ether oxygens (including phenoxy) is 1. The Morgan fingerprint density at radius 1 is 1.08 bits per heavy atom. The smallest absolute Gasteiger partial charge is 0.191 e. The highest BCUT2D eigenvalue weighted by molar-refractivity contribution is 7.98. The van der Waals surface area contributed by atoms with E-state index in [0.29, 0.717) is 0 Å². The molecule has 2 aromatic heterocycles. The van der Waals surface area contributed by atoms with Crippen LogP contribution in [0.2, 0.25) is 0 Å². The molecule has 0 unspecified atom stereocenters. The Labute approximate surface area is 143 Å².